The van der Waals surface area contributed by atoms with Crippen LogP contribution in [-0.4, -0.2) is 18.4 Å². The molecule has 1 fully saturated rings. The Bertz CT molecular complexity index is 812. The summed E-state index contributed by atoms with van der Waals surface area (Å²) in [6, 6.07) is 15.1. The Hall–Kier alpha value is -2.62. The largest absolute Gasteiger partial charge is 0.454 e. The van der Waals surface area contributed by atoms with Crippen molar-refractivity contribution in [2.24, 2.45) is 5.92 Å². The lowest BCUT2D eigenvalue weighted by Crippen LogP contribution is -2.27. The van der Waals surface area contributed by atoms with Crippen LogP contribution in [0, 0.1) is 5.92 Å². The Morgan fingerprint density at radius 3 is 2.65 bits per heavy atom. The Morgan fingerprint density at radius 1 is 1.04 bits per heavy atom. The fourth-order valence-corrected chi connectivity index (χ4v) is 4.01. The number of ketones is 2. The third kappa shape index (κ3) is 3.36. The van der Waals surface area contributed by atoms with Gasteiger partial charge in [-0.1, -0.05) is 42.8 Å². The summed E-state index contributed by atoms with van der Waals surface area (Å²) < 4.78 is 10.9. The van der Waals surface area contributed by atoms with E-state index >= 15 is 0 Å². The van der Waals surface area contributed by atoms with Crippen molar-refractivity contribution < 1.29 is 19.1 Å². The first kappa shape index (κ1) is 16.8. The van der Waals surface area contributed by atoms with E-state index in [2.05, 4.69) is 0 Å². The van der Waals surface area contributed by atoms with Gasteiger partial charge in [-0.05, 0) is 30.5 Å². The topological polar surface area (TPSA) is 52.6 Å². The Balaban J connectivity index is 1.65. The Labute approximate surface area is 153 Å². The Kier molecular flexibility index (Phi) is 4.74. The van der Waals surface area contributed by atoms with Crippen molar-refractivity contribution in [3.63, 3.8) is 0 Å². The van der Waals surface area contributed by atoms with Crippen molar-refractivity contribution in [1.82, 2.24) is 0 Å². The smallest absolute Gasteiger partial charge is 0.231 e. The van der Waals surface area contributed by atoms with Crippen molar-refractivity contribution in [1.29, 1.82) is 0 Å². The molecule has 0 saturated heterocycles. The number of Topliss-reactive ketones (excluding diaryl/α,β-unsaturated/α-hetero) is 2. The molecule has 4 rings (SSSR count). The van der Waals surface area contributed by atoms with Crippen LogP contribution in [0.25, 0.3) is 0 Å². The molecule has 2 aromatic carbocycles. The number of hydrogen-bond donors (Lipinski definition) is 0. The van der Waals surface area contributed by atoms with Crippen LogP contribution in [0.1, 0.15) is 53.9 Å². The molecule has 0 amide bonds. The molecule has 1 saturated carbocycles. The van der Waals surface area contributed by atoms with E-state index in [1.54, 1.807) is 0 Å². The minimum Gasteiger partial charge on any atom is -0.454 e. The second kappa shape index (κ2) is 7.32. The van der Waals surface area contributed by atoms with E-state index < -0.39 is 0 Å². The van der Waals surface area contributed by atoms with Gasteiger partial charge in [0.05, 0.1) is 0 Å². The normalized spacial score (nSPS) is 20.0. The molecule has 26 heavy (non-hydrogen) atoms. The van der Waals surface area contributed by atoms with Crippen LogP contribution in [0.4, 0.5) is 0 Å². The highest BCUT2D eigenvalue weighted by molar-refractivity contribution is 5.97. The van der Waals surface area contributed by atoms with Gasteiger partial charge in [0, 0.05) is 30.2 Å². The highest BCUT2D eigenvalue weighted by Gasteiger charge is 2.33. The lowest BCUT2D eigenvalue weighted by atomic mass is 9.73. The number of hydrogen-bond acceptors (Lipinski definition) is 4. The third-order valence-electron chi connectivity index (χ3n) is 5.41. The lowest BCUT2D eigenvalue weighted by Gasteiger charge is -2.29. The maximum atomic E-state index is 12.8. The zero-order valence-electron chi connectivity index (χ0n) is 14.6. The molecule has 0 aromatic heterocycles. The van der Waals surface area contributed by atoms with Crippen molar-refractivity contribution in [3.8, 4) is 11.5 Å². The predicted octanol–water partition coefficient (Wildman–Crippen LogP) is 4.53. The second-order valence-electron chi connectivity index (χ2n) is 7.03. The molecule has 0 unspecified atom stereocenters. The van der Waals surface area contributed by atoms with E-state index in [-0.39, 0.29) is 30.2 Å². The summed E-state index contributed by atoms with van der Waals surface area (Å²) in [7, 11) is 0. The molecule has 134 valence electrons. The van der Waals surface area contributed by atoms with Gasteiger partial charge in [-0.2, -0.15) is 0 Å². The summed E-state index contributed by atoms with van der Waals surface area (Å²) in [5.74, 6) is 1.55. The highest BCUT2D eigenvalue weighted by Crippen LogP contribution is 2.41. The monoisotopic (exact) mass is 350 g/mol. The average Bonchev–Trinajstić information content (AvgIpc) is 3.15. The van der Waals surface area contributed by atoms with E-state index in [0.29, 0.717) is 24.2 Å². The zero-order chi connectivity index (χ0) is 17.9. The number of rotatable bonds is 5. The molecule has 0 bridgehead atoms. The predicted molar refractivity (Wildman–Crippen MR) is 97.7 cm³/mol. The Morgan fingerprint density at radius 2 is 1.85 bits per heavy atom. The van der Waals surface area contributed by atoms with Crippen molar-refractivity contribution >= 4 is 11.6 Å². The average molecular weight is 350 g/mol. The minimum atomic E-state index is -0.120. The minimum absolute atomic E-state index is 0.0756. The van der Waals surface area contributed by atoms with Crippen LogP contribution in [0.5, 0.6) is 11.5 Å². The van der Waals surface area contributed by atoms with E-state index in [9.17, 15) is 9.59 Å². The molecule has 2 aromatic rings. The van der Waals surface area contributed by atoms with Crippen molar-refractivity contribution in [3.05, 3.63) is 59.7 Å². The molecule has 4 heteroatoms. The summed E-state index contributed by atoms with van der Waals surface area (Å²) in [5.41, 5.74) is 1.68. The third-order valence-corrected chi connectivity index (χ3v) is 5.41. The molecule has 1 aliphatic heterocycles. The summed E-state index contributed by atoms with van der Waals surface area (Å²) in [6.45, 7) is 0.217. The van der Waals surface area contributed by atoms with Crippen LogP contribution in [0.2, 0.25) is 0 Å². The quantitative estimate of drug-likeness (QED) is 0.744. The first-order valence-electron chi connectivity index (χ1n) is 9.23. The van der Waals surface area contributed by atoms with E-state index in [0.717, 1.165) is 30.6 Å². The SMILES string of the molecule is O=C(C[C@@H](c1ccc2c(c1)OCO2)[C@@H]1CCCCC1=O)c1ccccc1. The number of fused-ring (bicyclic) bond motifs is 1. The fourth-order valence-electron chi connectivity index (χ4n) is 4.01. The molecule has 4 nitrogen and oxygen atoms in total. The van der Waals surface area contributed by atoms with E-state index in [4.69, 9.17) is 9.47 Å². The molecule has 0 spiro atoms. The molecular weight excluding hydrogens is 328 g/mol. The summed E-state index contributed by atoms with van der Waals surface area (Å²) in [4.78, 5) is 25.4. The summed E-state index contributed by atoms with van der Waals surface area (Å²) in [5, 5.41) is 0. The molecule has 2 atom stereocenters. The van der Waals surface area contributed by atoms with Gasteiger partial charge in [0.1, 0.15) is 5.78 Å². The standard InChI is InChI=1S/C22H22O4/c23-19-9-5-4-8-17(19)18(13-20(24)15-6-2-1-3-7-15)16-10-11-21-22(12-16)26-14-25-21/h1-3,6-7,10-12,17-18H,4-5,8-9,13-14H2/t17-,18-/m0/s1. The van der Waals surface area contributed by atoms with E-state index in [1.807, 2.05) is 48.5 Å². The summed E-state index contributed by atoms with van der Waals surface area (Å²) >= 11 is 0. The lowest BCUT2D eigenvalue weighted by molar-refractivity contribution is -0.125. The van der Waals surface area contributed by atoms with Gasteiger partial charge >= 0.3 is 0 Å². The molecule has 1 heterocycles. The van der Waals surface area contributed by atoms with Gasteiger partial charge in [0.2, 0.25) is 6.79 Å². The summed E-state index contributed by atoms with van der Waals surface area (Å²) in [6.07, 6.45) is 3.79. The van der Waals surface area contributed by atoms with Gasteiger partial charge in [-0.25, -0.2) is 0 Å². The van der Waals surface area contributed by atoms with Gasteiger partial charge in [-0.3, -0.25) is 9.59 Å². The molecule has 0 radical (unpaired) electrons. The van der Waals surface area contributed by atoms with E-state index in [1.165, 1.54) is 0 Å². The maximum absolute atomic E-state index is 12.8. The maximum Gasteiger partial charge on any atom is 0.231 e. The van der Waals surface area contributed by atoms with Crippen LogP contribution in [0.15, 0.2) is 48.5 Å². The van der Waals surface area contributed by atoms with Crippen LogP contribution >= 0.6 is 0 Å². The van der Waals surface area contributed by atoms with Crippen molar-refractivity contribution in [2.45, 2.75) is 38.0 Å². The fraction of sp³-hybridized carbons (Fsp3) is 0.364. The van der Waals surface area contributed by atoms with Crippen molar-refractivity contribution in [2.75, 3.05) is 6.79 Å². The van der Waals surface area contributed by atoms with Gasteiger partial charge < -0.3 is 9.47 Å². The first-order chi connectivity index (χ1) is 12.7. The van der Waals surface area contributed by atoms with Gasteiger partial charge in [0.15, 0.2) is 17.3 Å². The number of benzene rings is 2. The molecular formula is C22H22O4. The van der Waals surface area contributed by atoms with Crippen LogP contribution in [0.3, 0.4) is 0 Å². The molecule has 0 N–H and O–H groups in total. The number of carbonyl (C=O) groups is 2. The highest BCUT2D eigenvalue weighted by atomic mass is 16.7. The number of ether oxygens (including phenoxy) is 2. The van der Waals surface area contributed by atoms with Crippen LogP contribution < -0.4 is 9.47 Å². The first-order valence-corrected chi connectivity index (χ1v) is 9.23. The molecule has 1 aliphatic carbocycles. The van der Waals surface area contributed by atoms with Crippen LogP contribution in [-0.2, 0) is 4.79 Å². The zero-order valence-corrected chi connectivity index (χ0v) is 14.6. The van der Waals surface area contributed by atoms with Gasteiger partial charge in [0.25, 0.3) is 0 Å². The second-order valence-corrected chi connectivity index (χ2v) is 7.03. The molecule has 2 aliphatic rings. The number of carbonyl (C=O) groups excluding carboxylic acids is 2. The van der Waals surface area contributed by atoms with Gasteiger partial charge in [-0.15, -0.1) is 0 Å².